The van der Waals surface area contributed by atoms with Crippen LogP contribution in [0, 0.1) is 11.6 Å². The third-order valence-electron chi connectivity index (χ3n) is 5.36. The lowest BCUT2D eigenvalue weighted by Gasteiger charge is -2.44. The average Bonchev–Trinajstić information content (AvgIpc) is 2.71. The Kier molecular flexibility index (Phi) is 5.27. The van der Waals surface area contributed by atoms with Gasteiger partial charge in [-0.25, -0.2) is 8.78 Å². The van der Waals surface area contributed by atoms with Crippen LogP contribution in [0.5, 0.6) is 5.75 Å². The summed E-state index contributed by atoms with van der Waals surface area (Å²) in [5.41, 5.74) is -1.09. The third-order valence-corrected chi connectivity index (χ3v) is 6.59. The Bertz CT molecular complexity index is 1100. The number of nitrogens with zero attached hydrogens (tertiary/aromatic N) is 2. The summed E-state index contributed by atoms with van der Waals surface area (Å²) in [5, 5.41) is 12.7. The maximum atomic E-state index is 13.3. The van der Waals surface area contributed by atoms with E-state index in [1.165, 1.54) is 16.8 Å². The van der Waals surface area contributed by atoms with Crippen molar-refractivity contribution in [3.8, 4) is 5.75 Å². The normalized spacial score (nSPS) is 20.5. The molecular weight excluding hydrogens is 416 g/mol. The highest BCUT2D eigenvalue weighted by molar-refractivity contribution is 7.99. The molecule has 0 bridgehead atoms. The van der Waals surface area contributed by atoms with Gasteiger partial charge in [0.25, 0.3) is 11.8 Å². The van der Waals surface area contributed by atoms with Crippen molar-refractivity contribution in [3.63, 3.8) is 0 Å². The van der Waals surface area contributed by atoms with E-state index in [2.05, 4.69) is 5.32 Å². The lowest BCUT2D eigenvalue weighted by atomic mass is 10.1. The molecule has 158 valence electrons. The molecule has 2 amide bonds. The van der Waals surface area contributed by atoms with Gasteiger partial charge in [0.15, 0.2) is 23.1 Å². The summed E-state index contributed by atoms with van der Waals surface area (Å²) in [5.74, 6) is -3.14. The Morgan fingerprint density at radius 2 is 2.07 bits per heavy atom. The number of benzene rings is 1. The zero-order valence-corrected chi connectivity index (χ0v) is 16.8. The Hall–Kier alpha value is -2.88. The standard InChI is InChI=1S/C20H19F2N3O4S/c1-10-4-5-30-15-9-24-8-12(17(26)18(27)16(24)20(29)25(10)15)19(28)23-7-11-2-3-13(21)14(22)6-11/h2-3,6,8,10,15,27H,4-5,7,9H2,1H3,(H,23,28)/t10-,15?/m1/s1. The number of rotatable bonds is 3. The number of carbonyl (C=O) groups excluding carboxylic acids is 2. The van der Waals surface area contributed by atoms with E-state index in [1.807, 2.05) is 6.92 Å². The van der Waals surface area contributed by atoms with Crippen molar-refractivity contribution >= 4 is 23.6 Å². The molecule has 4 rings (SSSR count). The van der Waals surface area contributed by atoms with E-state index in [4.69, 9.17) is 0 Å². The molecule has 2 aromatic rings. The van der Waals surface area contributed by atoms with Crippen LogP contribution in [0.4, 0.5) is 8.78 Å². The highest BCUT2D eigenvalue weighted by Gasteiger charge is 2.40. The minimum Gasteiger partial charge on any atom is -0.503 e. The van der Waals surface area contributed by atoms with E-state index in [9.17, 15) is 28.3 Å². The summed E-state index contributed by atoms with van der Waals surface area (Å²) in [7, 11) is 0. The molecule has 1 aromatic heterocycles. The van der Waals surface area contributed by atoms with Gasteiger partial charge < -0.3 is 19.9 Å². The van der Waals surface area contributed by atoms with Gasteiger partial charge in [-0.15, -0.1) is 11.8 Å². The maximum absolute atomic E-state index is 13.3. The van der Waals surface area contributed by atoms with Gasteiger partial charge in [0.2, 0.25) is 5.43 Å². The van der Waals surface area contributed by atoms with E-state index in [1.54, 1.807) is 16.7 Å². The van der Waals surface area contributed by atoms with Crippen LogP contribution in [0.25, 0.3) is 0 Å². The molecule has 2 aliphatic heterocycles. The maximum Gasteiger partial charge on any atom is 0.275 e. The molecule has 1 fully saturated rings. The minimum atomic E-state index is -1.05. The topological polar surface area (TPSA) is 91.6 Å². The Morgan fingerprint density at radius 1 is 1.30 bits per heavy atom. The SMILES string of the molecule is C[C@@H]1CCSC2Cn3cc(C(=O)NCc4ccc(F)c(F)c4)c(=O)c(O)c3C(=O)N21. The first-order chi connectivity index (χ1) is 14.3. The van der Waals surface area contributed by atoms with Crippen LogP contribution >= 0.6 is 11.8 Å². The lowest BCUT2D eigenvalue weighted by molar-refractivity contribution is 0.0573. The first-order valence-electron chi connectivity index (χ1n) is 9.40. The summed E-state index contributed by atoms with van der Waals surface area (Å²) in [4.78, 5) is 39.7. The molecule has 2 aliphatic rings. The molecule has 0 saturated carbocycles. The molecule has 3 heterocycles. The van der Waals surface area contributed by atoms with Gasteiger partial charge in [0.05, 0.1) is 11.9 Å². The van der Waals surface area contributed by atoms with Crippen molar-refractivity contribution in [3.05, 3.63) is 63.1 Å². The minimum absolute atomic E-state index is 0.00826. The van der Waals surface area contributed by atoms with Gasteiger partial charge in [-0.3, -0.25) is 14.4 Å². The van der Waals surface area contributed by atoms with Crippen LogP contribution < -0.4 is 10.7 Å². The molecule has 7 nitrogen and oxygen atoms in total. The van der Waals surface area contributed by atoms with E-state index >= 15 is 0 Å². The van der Waals surface area contributed by atoms with Crippen molar-refractivity contribution < 1.29 is 23.5 Å². The van der Waals surface area contributed by atoms with Crippen LogP contribution in [0.15, 0.2) is 29.2 Å². The van der Waals surface area contributed by atoms with Gasteiger partial charge >= 0.3 is 0 Å². The number of fused-ring (bicyclic) bond motifs is 2. The molecule has 2 atom stereocenters. The molecule has 1 saturated heterocycles. The second kappa shape index (κ2) is 7.75. The molecular formula is C20H19F2N3O4S. The number of nitrogens with one attached hydrogen (secondary N) is 1. The zero-order valence-electron chi connectivity index (χ0n) is 16.0. The van der Waals surface area contributed by atoms with E-state index < -0.39 is 34.6 Å². The fourth-order valence-electron chi connectivity index (χ4n) is 3.75. The molecule has 2 N–H and O–H groups in total. The monoisotopic (exact) mass is 435 g/mol. The predicted molar refractivity (Wildman–Crippen MR) is 106 cm³/mol. The summed E-state index contributed by atoms with van der Waals surface area (Å²) in [6.07, 6.45) is 2.09. The number of hydrogen-bond acceptors (Lipinski definition) is 5. The lowest BCUT2D eigenvalue weighted by Crippen LogP contribution is -2.54. The second-order valence-corrected chi connectivity index (χ2v) is 8.61. The zero-order chi connectivity index (χ0) is 21.6. The van der Waals surface area contributed by atoms with Gasteiger partial charge in [0, 0.05) is 18.8 Å². The Labute approximate surface area is 174 Å². The molecule has 0 aliphatic carbocycles. The molecule has 30 heavy (non-hydrogen) atoms. The Morgan fingerprint density at radius 3 is 2.80 bits per heavy atom. The van der Waals surface area contributed by atoms with Gasteiger partial charge in [-0.2, -0.15) is 0 Å². The molecule has 10 heteroatoms. The number of carbonyl (C=O) groups is 2. The van der Waals surface area contributed by atoms with Crippen molar-refractivity contribution in [1.29, 1.82) is 0 Å². The first kappa shape index (κ1) is 20.4. The quantitative estimate of drug-likeness (QED) is 0.770. The summed E-state index contributed by atoms with van der Waals surface area (Å²) in [6, 6.07) is 3.19. The third kappa shape index (κ3) is 3.45. The van der Waals surface area contributed by atoms with Gasteiger partial charge in [0.1, 0.15) is 5.56 Å². The van der Waals surface area contributed by atoms with Crippen LogP contribution in [0.3, 0.4) is 0 Å². The van der Waals surface area contributed by atoms with Gasteiger partial charge in [-0.05, 0) is 36.8 Å². The fraction of sp³-hybridized carbons (Fsp3) is 0.350. The molecule has 1 unspecified atom stereocenters. The van der Waals surface area contributed by atoms with Crippen molar-refractivity contribution in [2.24, 2.45) is 0 Å². The number of aromatic hydroxyl groups is 1. The average molecular weight is 435 g/mol. The number of thioether (sulfide) groups is 1. The Balaban J connectivity index is 1.62. The summed E-state index contributed by atoms with van der Waals surface area (Å²) < 4.78 is 27.8. The van der Waals surface area contributed by atoms with Crippen LogP contribution in [-0.4, -0.2) is 43.6 Å². The number of pyridine rings is 1. The van der Waals surface area contributed by atoms with E-state index in [0.717, 1.165) is 24.3 Å². The second-order valence-electron chi connectivity index (χ2n) is 7.33. The highest BCUT2D eigenvalue weighted by atomic mass is 32.2. The number of hydrogen-bond donors (Lipinski definition) is 2. The first-order valence-corrected chi connectivity index (χ1v) is 10.5. The molecule has 0 radical (unpaired) electrons. The number of amides is 2. The fourth-order valence-corrected chi connectivity index (χ4v) is 5.23. The largest absolute Gasteiger partial charge is 0.503 e. The van der Waals surface area contributed by atoms with E-state index in [0.29, 0.717) is 12.1 Å². The van der Waals surface area contributed by atoms with E-state index in [-0.39, 0.29) is 29.2 Å². The van der Waals surface area contributed by atoms with Gasteiger partial charge in [-0.1, -0.05) is 6.07 Å². The van der Waals surface area contributed by atoms with Crippen LogP contribution in [-0.2, 0) is 13.1 Å². The van der Waals surface area contributed by atoms with Crippen LogP contribution in [0.2, 0.25) is 0 Å². The molecule has 1 aromatic carbocycles. The van der Waals surface area contributed by atoms with Crippen molar-refractivity contribution in [2.75, 3.05) is 5.75 Å². The smallest absolute Gasteiger partial charge is 0.275 e. The summed E-state index contributed by atoms with van der Waals surface area (Å²) >= 11 is 1.61. The number of halogens is 2. The van der Waals surface area contributed by atoms with Crippen molar-refractivity contribution in [2.45, 2.75) is 37.8 Å². The molecule has 0 spiro atoms. The van der Waals surface area contributed by atoms with Crippen LogP contribution in [0.1, 0.15) is 39.8 Å². The van der Waals surface area contributed by atoms with Crippen molar-refractivity contribution in [1.82, 2.24) is 14.8 Å². The predicted octanol–water partition coefficient (Wildman–Crippen LogP) is 2.07. The highest BCUT2D eigenvalue weighted by Crippen LogP contribution is 2.35. The summed E-state index contributed by atoms with van der Waals surface area (Å²) in [6.45, 7) is 2.13. The number of aromatic nitrogens is 1.